The predicted octanol–water partition coefficient (Wildman–Crippen LogP) is 4.82. The van der Waals surface area contributed by atoms with Gasteiger partial charge in [0, 0.05) is 36.7 Å². The van der Waals surface area contributed by atoms with Crippen LogP contribution in [0.3, 0.4) is 0 Å². The van der Waals surface area contributed by atoms with Gasteiger partial charge in [0.15, 0.2) is 0 Å². The molecule has 6 aliphatic heterocycles. The third-order valence-corrected chi connectivity index (χ3v) is 12.3. The van der Waals surface area contributed by atoms with Crippen molar-refractivity contribution in [2.75, 3.05) is 56.9 Å². The predicted molar refractivity (Wildman–Crippen MR) is 177 cm³/mol. The molecule has 248 valence electrons. The average molecular weight is 651 g/mol. The summed E-state index contributed by atoms with van der Waals surface area (Å²) in [4.78, 5) is 45.4. The van der Waals surface area contributed by atoms with Gasteiger partial charge in [0.2, 0.25) is 0 Å². The highest BCUT2D eigenvalue weighted by atomic mass is 16.6. The summed E-state index contributed by atoms with van der Waals surface area (Å²) >= 11 is 0. The molecular weight excluding hydrogens is 612 g/mol. The number of hydrogen-bond donors (Lipinski definition) is 3. The van der Waals surface area contributed by atoms with Crippen molar-refractivity contribution >= 4 is 35.3 Å². The van der Waals surface area contributed by atoms with E-state index in [0.29, 0.717) is 38.9 Å². The number of nitrogens with one attached hydrogen (secondary N) is 3. The molecule has 0 aromatic heterocycles. The number of para-hydroxylation sites is 3. The Hall–Kier alpha value is -5.13. The van der Waals surface area contributed by atoms with E-state index in [1.54, 1.807) is 9.80 Å². The molecule has 0 spiro atoms. The van der Waals surface area contributed by atoms with E-state index in [-0.39, 0.29) is 18.4 Å². The Bertz CT molecular complexity index is 1890. The Balaban J connectivity index is 1.30. The van der Waals surface area contributed by atoms with Crippen LogP contribution in [0.5, 0.6) is 0 Å². The summed E-state index contributed by atoms with van der Waals surface area (Å²) in [5, 5.41) is 11.3. The zero-order valence-electron chi connectivity index (χ0n) is 27.1. The van der Waals surface area contributed by atoms with Gasteiger partial charge in [0.05, 0.1) is 37.6 Å². The molecule has 0 radical (unpaired) electrons. The van der Waals surface area contributed by atoms with Gasteiger partial charge in [-0.15, -0.1) is 0 Å². The van der Waals surface area contributed by atoms with Gasteiger partial charge in [-0.25, -0.2) is 14.4 Å². The number of hydrogen-bond acceptors (Lipinski definition) is 9. The van der Waals surface area contributed by atoms with Gasteiger partial charge in [-0.05, 0) is 53.6 Å². The molecule has 6 heterocycles. The molecule has 0 aliphatic carbocycles. The van der Waals surface area contributed by atoms with Crippen LogP contribution in [-0.4, -0.2) is 92.4 Å². The Labute approximate surface area is 278 Å². The minimum absolute atomic E-state index is 0.371. The van der Waals surface area contributed by atoms with Gasteiger partial charge in [-0.3, -0.25) is 14.7 Å². The van der Waals surface area contributed by atoms with Crippen LogP contribution in [0, 0.1) is 0 Å². The van der Waals surface area contributed by atoms with E-state index in [4.69, 9.17) is 14.2 Å². The first-order chi connectivity index (χ1) is 23.4. The van der Waals surface area contributed by atoms with E-state index in [1.165, 1.54) is 21.3 Å². The average Bonchev–Trinajstić information content (AvgIpc) is 3.94. The van der Waals surface area contributed by atoms with Crippen LogP contribution in [0.1, 0.15) is 41.5 Å². The maximum absolute atomic E-state index is 13.6. The summed E-state index contributed by atoms with van der Waals surface area (Å²) in [7, 11) is 4.25. The van der Waals surface area contributed by atoms with E-state index in [2.05, 4.69) is 64.5 Å². The van der Waals surface area contributed by atoms with E-state index < -0.39 is 34.7 Å². The summed E-state index contributed by atoms with van der Waals surface area (Å²) in [5.74, 6) is 0. The van der Waals surface area contributed by atoms with Gasteiger partial charge >= 0.3 is 18.3 Å². The van der Waals surface area contributed by atoms with Crippen molar-refractivity contribution in [2.45, 2.75) is 54.0 Å². The van der Waals surface area contributed by atoms with Crippen molar-refractivity contribution in [3.63, 3.8) is 0 Å². The molecule has 12 heteroatoms. The lowest BCUT2D eigenvalue weighted by Crippen LogP contribution is -2.61. The van der Waals surface area contributed by atoms with Gasteiger partial charge in [0.25, 0.3) is 0 Å². The van der Waals surface area contributed by atoms with Crippen molar-refractivity contribution in [1.29, 1.82) is 0 Å². The van der Waals surface area contributed by atoms with Crippen molar-refractivity contribution in [2.24, 2.45) is 0 Å². The number of anilines is 3. The molecule has 3 aromatic carbocycles. The number of nitrogens with zero attached hydrogens (tertiary/aromatic N) is 3. The molecule has 12 nitrogen and oxygen atoms in total. The first kappa shape index (κ1) is 29.0. The first-order valence-electron chi connectivity index (χ1n) is 16.5. The largest absolute Gasteiger partial charge is 0.453 e. The van der Waals surface area contributed by atoms with Gasteiger partial charge in [-0.2, -0.15) is 0 Å². The maximum atomic E-state index is 13.6. The van der Waals surface area contributed by atoms with E-state index in [1.807, 2.05) is 23.1 Å². The number of rotatable bonds is 2. The molecule has 48 heavy (non-hydrogen) atoms. The molecule has 5 unspecified atom stereocenters. The highest BCUT2D eigenvalue weighted by Crippen LogP contribution is 2.68. The van der Waals surface area contributed by atoms with Crippen molar-refractivity contribution in [1.82, 2.24) is 14.7 Å². The Morgan fingerprint density at radius 2 is 1.02 bits per heavy atom. The van der Waals surface area contributed by atoms with Gasteiger partial charge in [0.1, 0.15) is 18.5 Å². The Morgan fingerprint density at radius 3 is 1.67 bits per heavy atom. The maximum Gasteiger partial charge on any atom is 0.411 e. The minimum atomic E-state index is -0.655. The van der Waals surface area contributed by atoms with Crippen LogP contribution in [0.4, 0.5) is 31.4 Å². The Kier molecular flexibility index (Phi) is 6.02. The van der Waals surface area contributed by atoms with Gasteiger partial charge in [-0.1, -0.05) is 54.6 Å². The number of fused-ring (bicyclic) bond motifs is 10. The summed E-state index contributed by atoms with van der Waals surface area (Å²) in [6.07, 6.45) is -0.406. The molecule has 3 aromatic rings. The molecule has 3 N–H and O–H groups in total. The monoisotopic (exact) mass is 650 g/mol. The summed E-state index contributed by atoms with van der Waals surface area (Å²) < 4.78 is 15.9. The molecule has 0 saturated carbocycles. The standard InChI is InChI=1S/C36H38N6O6/c1-46-31(43)40-18-15-34(21-9-4-6-13-25(21)37-28(34)40)23-11-8-12-24-27(23)39-30-36(24,17-20-42(30)33(45)48-3)35-16-19-41(32(44)47-2)29(35)38-26-14-7-5-10-22(26)35/h4-14,28-30,37-39H,15-20H2,1-3H3/t28?,29?,30-,34?,35?,36?/m1/s1. The smallest absolute Gasteiger partial charge is 0.411 e. The molecule has 0 bridgehead atoms. The number of methoxy groups -OCH3 is 3. The van der Waals surface area contributed by atoms with Crippen LogP contribution in [0.15, 0.2) is 66.7 Å². The second-order valence-corrected chi connectivity index (χ2v) is 13.6. The fourth-order valence-electron chi connectivity index (χ4n) is 10.6. The molecular formula is C36H38N6O6. The van der Waals surface area contributed by atoms with E-state index in [9.17, 15) is 14.4 Å². The lowest BCUT2D eigenvalue weighted by molar-refractivity contribution is 0.0908. The molecule has 3 fully saturated rings. The summed E-state index contributed by atoms with van der Waals surface area (Å²) in [6.45, 7) is 1.50. The Morgan fingerprint density at radius 1 is 0.562 bits per heavy atom. The molecule has 3 amide bonds. The molecule has 9 rings (SSSR count). The fraction of sp³-hybridized carbons (Fsp3) is 0.417. The first-order valence-corrected chi connectivity index (χ1v) is 16.5. The normalized spacial score (nSPS) is 31.4. The van der Waals surface area contributed by atoms with Crippen molar-refractivity contribution in [3.05, 3.63) is 89.0 Å². The zero-order chi connectivity index (χ0) is 33.0. The van der Waals surface area contributed by atoms with Gasteiger partial charge < -0.3 is 30.2 Å². The van der Waals surface area contributed by atoms with E-state index in [0.717, 1.165) is 39.3 Å². The number of benzene rings is 3. The quantitative estimate of drug-likeness (QED) is 0.335. The second-order valence-electron chi connectivity index (χ2n) is 13.6. The van der Waals surface area contributed by atoms with E-state index >= 15 is 0 Å². The van der Waals surface area contributed by atoms with Crippen LogP contribution in [0.25, 0.3) is 0 Å². The topological polar surface area (TPSA) is 125 Å². The summed E-state index contributed by atoms with van der Waals surface area (Å²) in [5.41, 5.74) is 5.46. The van der Waals surface area contributed by atoms with Crippen LogP contribution in [-0.2, 0) is 30.5 Å². The number of carbonyl (C=O) groups excluding carboxylic acids is 3. The second kappa shape index (κ2) is 9.94. The number of amides is 3. The van der Waals surface area contributed by atoms with Crippen molar-refractivity contribution in [3.8, 4) is 0 Å². The molecule has 6 aliphatic rings. The van der Waals surface area contributed by atoms with Crippen LogP contribution in [0.2, 0.25) is 0 Å². The zero-order valence-corrected chi connectivity index (χ0v) is 27.1. The fourth-order valence-corrected chi connectivity index (χ4v) is 10.6. The number of likely N-dealkylation sites (tertiary alicyclic amines) is 3. The van der Waals surface area contributed by atoms with Crippen LogP contribution < -0.4 is 16.0 Å². The third-order valence-electron chi connectivity index (χ3n) is 12.3. The number of ether oxygens (including phenoxy) is 3. The summed E-state index contributed by atoms with van der Waals surface area (Å²) in [6, 6.07) is 23.0. The third kappa shape index (κ3) is 3.23. The highest BCUT2D eigenvalue weighted by Gasteiger charge is 2.74. The number of carbonyl (C=O) groups is 3. The minimum Gasteiger partial charge on any atom is -0.453 e. The van der Waals surface area contributed by atoms with Crippen LogP contribution >= 0.6 is 0 Å². The SMILES string of the molecule is COC(=O)N1CCC2(c3cccc4c3N[C@@H]3N(C(=O)OC)CCC43C34CCN(C(=O)OC)C3Nc3ccccc34)c3ccccc3NC12. The lowest BCUT2D eigenvalue weighted by Gasteiger charge is -2.48. The highest BCUT2D eigenvalue weighted by molar-refractivity contribution is 5.83. The van der Waals surface area contributed by atoms with Crippen molar-refractivity contribution < 1.29 is 28.6 Å². The molecule has 3 saturated heterocycles. The lowest BCUT2D eigenvalue weighted by atomic mass is 9.54. The molecule has 6 atom stereocenters.